The molecule has 1 amide bonds. The maximum Gasteiger partial charge on any atom is 0.261 e. The Hall–Kier alpha value is -3.65. The van der Waals surface area contributed by atoms with Crippen molar-refractivity contribution in [3.63, 3.8) is 0 Å². The number of benzene rings is 4. The van der Waals surface area contributed by atoms with Crippen LogP contribution in [0.1, 0.15) is 31.8 Å². The Balaban J connectivity index is 1.56. The number of hydrogen-bond acceptors (Lipinski definition) is 4. The highest BCUT2D eigenvalue weighted by molar-refractivity contribution is 7.92. The van der Waals surface area contributed by atoms with Crippen molar-refractivity contribution in [3.05, 3.63) is 123 Å². The van der Waals surface area contributed by atoms with Crippen molar-refractivity contribution in [1.29, 1.82) is 0 Å². The summed E-state index contributed by atoms with van der Waals surface area (Å²) in [7, 11) is -3.86. The van der Waals surface area contributed by atoms with Crippen LogP contribution in [-0.4, -0.2) is 20.1 Å². The van der Waals surface area contributed by atoms with E-state index in [2.05, 4.69) is 10.0 Å². The second-order valence-corrected chi connectivity index (χ2v) is 10.5. The number of carbonyl (C=O) groups is 2. The Morgan fingerprint density at radius 3 is 2.08 bits per heavy atom. The van der Waals surface area contributed by atoms with E-state index in [0.29, 0.717) is 10.6 Å². The lowest BCUT2D eigenvalue weighted by Gasteiger charge is -2.13. The van der Waals surface area contributed by atoms with Crippen LogP contribution >= 0.6 is 23.2 Å². The summed E-state index contributed by atoms with van der Waals surface area (Å²) in [6.45, 7) is 1.86. The fourth-order valence-corrected chi connectivity index (χ4v) is 4.95. The summed E-state index contributed by atoms with van der Waals surface area (Å²) in [5.74, 6) is -0.832. The molecule has 0 radical (unpaired) electrons. The van der Waals surface area contributed by atoms with E-state index in [9.17, 15) is 18.0 Å². The van der Waals surface area contributed by atoms with Crippen molar-refractivity contribution in [2.75, 3.05) is 10.0 Å². The van der Waals surface area contributed by atoms with E-state index in [-0.39, 0.29) is 38.2 Å². The van der Waals surface area contributed by atoms with Crippen LogP contribution in [0.25, 0.3) is 0 Å². The molecule has 0 heterocycles. The highest BCUT2D eigenvalue weighted by atomic mass is 35.5. The fraction of sp³-hybridized carbons (Fsp3) is 0.0370. The molecule has 4 rings (SSSR count). The third-order valence-corrected chi connectivity index (χ3v) is 7.25. The summed E-state index contributed by atoms with van der Waals surface area (Å²) in [4.78, 5) is 26.1. The van der Waals surface area contributed by atoms with Crippen LogP contribution in [0.2, 0.25) is 10.0 Å². The van der Waals surface area contributed by atoms with Gasteiger partial charge in [-0.1, -0.05) is 71.2 Å². The van der Waals surface area contributed by atoms with Crippen LogP contribution in [0.5, 0.6) is 0 Å². The number of ketones is 1. The molecule has 0 spiro atoms. The van der Waals surface area contributed by atoms with E-state index in [1.54, 1.807) is 54.6 Å². The molecule has 0 saturated heterocycles. The van der Waals surface area contributed by atoms with Crippen LogP contribution in [0.3, 0.4) is 0 Å². The van der Waals surface area contributed by atoms with Gasteiger partial charge in [-0.2, -0.15) is 0 Å². The lowest BCUT2D eigenvalue weighted by molar-refractivity contribution is 0.102. The van der Waals surface area contributed by atoms with Gasteiger partial charge >= 0.3 is 0 Å². The monoisotopic (exact) mass is 538 g/mol. The molecule has 0 aliphatic heterocycles. The molecule has 6 nitrogen and oxygen atoms in total. The van der Waals surface area contributed by atoms with E-state index >= 15 is 0 Å². The van der Waals surface area contributed by atoms with Gasteiger partial charge in [-0.3, -0.25) is 14.3 Å². The Morgan fingerprint density at radius 1 is 0.750 bits per heavy atom. The highest BCUT2D eigenvalue weighted by Gasteiger charge is 2.19. The average molecular weight is 539 g/mol. The molecule has 0 atom stereocenters. The second kappa shape index (κ2) is 10.5. The number of rotatable bonds is 7. The smallest absolute Gasteiger partial charge is 0.261 e. The molecule has 0 bridgehead atoms. The zero-order valence-electron chi connectivity index (χ0n) is 19.0. The van der Waals surface area contributed by atoms with Crippen LogP contribution in [0.15, 0.2) is 95.9 Å². The summed E-state index contributed by atoms with van der Waals surface area (Å²) in [5, 5.41) is 3.10. The molecule has 182 valence electrons. The molecular formula is C27H20Cl2N2O4S. The number of hydrogen-bond donors (Lipinski definition) is 2. The molecule has 0 saturated carbocycles. The minimum Gasteiger partial charge on any atom is -0.321 e. The van der Waals surface area contributed by atoms with Crippen molar-refractivity contribution in [3.8, 4) is 0 Å². The zero-order valence-corrected chi connectivity index (χ0v) is 21.3. The predicted molar refractivity (Wildman–Crippen MR) is 143 cm³/mol. The predicted octanol–water partition coefficient (Wildman–Crippen LogP) is 6.59. The first-order valence-electron chi connectivity index (χ1n) is 10.7. The maximum absolute atomic E-state index is 13.0. The van der Waals surface area contributed by atoms with Gasteiger partial charge in [0.1, 0.15) is 0 Å². The summed E-state index contributed by atoms with van der Waals surface area (Å²) in [6, 6.07) is 23.8. The third kappa shape index (κ3) is 5.76. The van der Waals surface area contributed by atoms with Gasteiger partial charge in [0.25, 0.3) is 15.9 Å². The van der Waals surface area contributed by atoms with Gasteiger partial charge in [0.05, 0.1) is 21.3 Å². The SMILES string of the molecule is Cc1ccc(S(=O)(=O)Nc2ccc(C(=O)Nc3ccc(Cl)cc3C(=O)c3ccccc3)cc2Cl)cc1. The Labute approximate surface area is 218 Å². The van der Waals surface area contributed by atoms with Gasteiger partial charge in [-0.25, -0.2) is 8.42 Å². The van der Waals surface area contributed by atoms with E-state index < -0.39 is 15.9 Å². The molecule has 0 aromatic heterocycles. The lowest BCUT2D eigenvalue weighted by atomic mass is 10.0. The van der Waals surface area contributed by atoms with Crippen LogP contribution in [-0.2, 0) is 10.0 Å². The Bertz CT molecular complexity index is 1550. The fourth-order valence-electron chi connectivity index (χ4n) is 3.41. The highest BCUT2D eigenvalue weighted by Crippen LogP contribution is 2.28. The topological polar surface area (TPSA) is 92.3 Å². The first-order valence-corrected chi connectivity index (χ1v) is 13.0. The molecule has 36 heavy (non-hydrogen) atoms. The summed E-state index contributed by atoms with van der Waals surface area (Å²) < 4.78 is 27.8. The van der Waals surface area contributed by atoms with Gasteiger partial charge in [-0.15, -0.1) is 0 Å². The van der Waals surface area contributed by atoms with E-state index in [1.807, 2.05) is 6.92 Å². The summed E-state index contributed by atoms with van der Waals surface area (Å²) in [5.41, 5.74) is 2.18. The van der Waals surface area contributed by atoms with Gasteiger partial charge in [-0.05, 0) is 55.5 Å². The third-order valence-electron chi connectivity index (χ3n) is 5.32. The van der Waals surface area contributed by atoms with Crippen LogP contribution in [0.4, 0.5) is 11.4 Å². The molecule has 0 unspecified atom stereocenters. The lowest BCUT2D eigenvalue weighted by Crippen LogP contribution is -2.16. The zero-order chi connectivity index (χ0) is 25.9. The van der Waals surface area contributed by atoms with E-state index in [0.717, 1.165) is 5.56 Å². The summed E-state index contributed by atoms with van der Waals surface area (Å²) in [6.07, 6.45) is 0. The Kier molecular flexibility index (Phi) is 7.45. The number of carbonyl (C=O) groups excluding carboxylic acids is 2. The molecule has 0 aliphatic carbocycles. The van der Waals surface area contributed by atoms with E-state index in [1.165, 1.54) is 36.4 Å². The van der Waals surface area contributed by atoms with Crippen molar-refractivity contribution in [2.24, 2.45) is 0 Å². The molecule has 0 aliphatic rings. The Morgan fingerprint density at radius 2 is 1.42 bits per heavy atom. The maximum atomic E-state index is 13.0. The van der Waals surface area contributed by atoms with Crippen molar-refractivity contribution in [1.82, 2.24) is 0 Å². The van der Waals surface area contributed by atoms with Gasteiger partial charge in [0, 0.05) is 21.7 Å². The minimum atomic E-state index is -3.86. The van der Waals surface area contributed by atoms with Crippen molar-refractivity contribution < 1.29 is 18.0 Å². The van der Waals surface area contributed by atoms with Crippen LogP contribution < -0.4 is 10.0 Å². The molecule has 2 N–H and O–H groups in total. The number of nitrogens with one attached hydrogen (secondary N) is 2. The number of halogens is 2. The molecule has 9 heteroatoms. The minimum absolute atomic E-state index is 0.0371. The summed E-state index contributed by atoms with van der Waals surface area (Å²) >= 11 is 12.4. The number of aryl methyl sites for hydroxylation is 1. The van der Waals surface area contributed by atoms with Gasteiger partial charge in [0.15, 0.2) is 5.78 Å². The first kappa shape index (κ1) is 25.4. The quantitative estimate of drug-likeness (QED) is 0.259. The standard InChI is InChI=1S/C27H20Cl2N2O4S/c1-17-7-11-21(12-8-17)36(34,35)31-25-13-9-19(15-23(25)29)27(33)30-24-14-10-20(28)16-22(24)26(32)18-5-3-2-4-6-18/h2-16,31H,1H3,(H,30,33). The molecular weight excluding hydrogens is 519 g/mol. The number of sulfonamides is 1. The van der Waals surface area contributed by atoms with Crippen LogP contribution in [0, 0.1) is 6.92 Å². The number of amides is 1. The van der Waals surface area contributed by atoms with Gasteiger partial charge in [0.2, 0.25) is 0 Å². The van der Waals surface area contributed by atoms with E-state index in [4.69, 9.17) is 23.2 Å². The molecule has 4 aromatic carbocycles. The normalized spacial score (nSPS) is 11.1. The number of anilines is 2. The average Bonchev–Trinajstić information content (AvgIpc) is 2.86. The molecule has 4 aromatic rings. The molecule has 0 fully saturated rings. The first-order chi connectivity index (χ1) is 17.1. The van der Waals surface area contributed by atoms with Crippen molar-refractivity contribution >= 4 is 56.3 Å². The largest absolute Gasteiger partial charge is 0.321 e. The second-order valence-electron chi connectivity index (χ2n) is 7.95. The van der Waals surface area contributed by atoms with Gasteiger partial charge < -0.3 is 5.32 Å². The van der Waals surface area contributed by atoms with Crippen molar-refractivity contribution in [2.45, 2.75) is 11.8 Å².